The molecule has 2 atom stereocenters. The first-order valence-corrected chi connectivity index (χ1v) is 10.2. The second-order valence-corrected chi connectivity index (χ2v) is 7.71. The number of rotatable bonds is 7. The number of carbonyl (C=O) groups is 4. The van der Waals surface area contributed by atoms with Crippen molar-refractivity contribution in [2.24, 2.45) is 0 Å². The van der Waals surface area contributed by atoms with Gasteiger partial charge in [-0.1, -0.05) is 48.5 Å². The number of ketones is 1. The summed E-state index contributed by atoms with van der Waals surface area (Å²) >= 11 is 0. The average molecular weight is 459 g/mol. The van der Waals surface area contributed by atoms with Gasteiger partial charge in [-0.3, -0.25) is 14.4 Å². The van der Waals surface area contributed by atoms with Crippen LogP contribution in [0.5, 0.6) is 0 Å². The minimum absolute atomic E-state index is 0. The molecule has 1 aliphatic rings. The molecule has 1 aliphatic heterocycles. The molecule has 3 N–H and O–H groups in total. The van der Waals surface area contributed by atoms with Crippen LogP contribution in [0.25, 0.3) is 0 Å². The van der Waals surface area contributed by atoms with E-state index in [0.29, 0.717) is 5.56 Å². The smallest absolute Gasteiger partial charge is 1.00 e. The summed E-state index contributed by atoms with van der Waals surface area (Å²) in [5.41, 5.74) is 4.04. The zero-order chi connectivity index (χ0) is 23.3. The second-order valence-electron chi connectivity index (χ2n) is 7.71. The van der Waals surface area contributed by atoms with E-state index in [4.69, 9.17) is 0 Å². The molecule has 0 saturated carbocycles. The molecule has 1 heterocycles. The first-order chi connectivity index (χ1) is 15.2. The van der Waals surface area contributed by atoms with Crippen LogP contribution in [0, 0.1) is 6.92 Å². The number of nitrogens with zero attached hydrogens (tertiary/aromatic N) is 1. The number of benzene rings is 2. The van der Waals surface area contributed by atoms with Gasteiger partial charge in [0.05, 0.1) is 12.5 Å². The summed E-state index contributed by atoms with van der Waals surface area (Å²) < 4.78 is 0. The molecule has 2 aromatic rings. The SMILES string of the molecule is Cc1ccccc1Cc1ccc([C@H](CC(=O)O)NC(=O)NC2C(=O)C=CN(C)C2=O)cc1.[H-].[Na+]. The number of carboxylic acids is 1. The van der Waals surface area contributed by atoms with Crippen molar-refractivity contribution in [3.8, 4) is 0 Å². The number of hydrogen-bond acceptors (Lipinski definition) is 4. The number of hydrogen-bond donors (Lipinski definition) is 3. The molecule has 0 radical (unpaired) electrons. The largest absolute Gasteiger partial charge is 1.00 e. The van der Waals surface area contributed by atoms with Crippen LogP contribution in [-0.4, -0.2) is 46.8 Å². The van der Waals surface area contributed by atoms with Gasteiger partial charge in [0.2, 0.25) is 0 Å². The summed E-state index contributed by atoms with van der Waals surface area (Å²) in [6.07, 6.45) is 2.91. The molecule has 2 aromatic carbocycles. The monoisotopic (exact) mass is 459 g/mol. The Hall–Kier alpha value is -2.94. The number of aryl methyl sites for hydroxylation is 1. The molecule has 0 aromatic heterocycles. The summed E-state index contributed by atoms with van der Waals surface area (Å²) in [7, 11) is 1.48. The first-order valence-electron chi connectivity index (χ1n) is 10.2. The number of aliphatic carboxylic acids is 1. The summed E-state index contributed by atoms with van der Waals surface area (Å²) in [6, 6.07) is 12.4. The predicted molar refractivity (Wildman–Crippen MR) is 119 cm³/mol. The van der Waals surface area contributed by atoms with Gasteiger partial charge in [-0.25, -0.2) is 4.79 Å². The van der Waals surface area contributed by atoms with Gasteiger partial charge in [-0.2, -0.15) is 0 Å². The van der Waals surface area contributed by atoms with Crippen LogP contribution in [0.15, 0.2) is 60.8 Å². The fourth-order valence-electron chi connectivity index (χ4n) is 3.47. The van der Waals surface area contributed by atoms with Crippen molar-refractivity contribution in [1.82, 2.24) is 15.5 Å². The van der Waals surface area contributed by atoms with Gasteiger partial charge < -0.3 is 22.1 Å². The third-order valence-electron chi connectivity index (χ3n) is 5.34. The van der Waals surface area contributed by atoms with E-state index in [1.165, 1.54) is 35.4 Å². The summed E-state index contributed by atoms with van der Waals surface area (Å²) in [4.78, 5) is 49.1. The van der Waals surface area contributed by atoms with Gasteiger partial charge >= 0.3 is 41.6 Å². The number of likely N-dealkylation sites (N-methyl/N-ethyl adjacent to an activating group) is 1. The summed E-state index contributed by atoms with van der Waals surface area (Å²) in [5, 5.41) is 14.2. The van der Waals surface area contributed by atoms with Gasteiger partial charge in [-0.15, -0.1) is 0 Å². The van der Waals surface area contributed by atoms with E-state index >= 15 is 0 Å². The topological polar surface area (TPSA) is 116 Å². The van der Waals surface area contributed by atoms with Crippen LogP contribution >= 0.6 is 0 Å². The molecule has 33 heavy (non-hydrogen) atoms. The molecule has 3 rings (SSSR count). The molecule has 0 fully saturated rings. The summed E-state index contributed by atoms with van der Waals surface area (Å²) in [6.45, 7) is 2.05. The standard InChI is InChI=1S/C24H25N3O5.Na.H/c1-15-5-3-4-6-18(15)13-16-7-9-17(10-8-16)19(14-21(29)30)25-24(32)26-22-20(28)11-12-27(2)23(22)31;;/h3-12,19,22H,13-14H2,1-2H3,(H,29,30)(H2,25,26,32);;/q;+1;-1/t19-,22?;;/m0../s1. The third kappa shape index (κ3) is 7.02. The molecular weight excluding hydrogens is 433 g/mol. The predicted octanol–water partition coefficient (Wildman–Crippen LogP) is -0.559. The Morgan fingerprint density at radius 3 is 2.42 bits per heavy atom. The van der Waals surface area contributed by atoms with Crippen LogP contribution in [-0.2, 0) is 20.8 Å². The number of nitrogens with one attached hydrogen (secondary N) is 2. The van der Waals surface area contributed by atoms with Crippen molar-refractivity contribution in [2.75, 3.05) is 7.05 Å². The first kappa shape index (κ1) is 26.3. The minimum Gasteiger partial charge on any atom is -1.00 e. The number of carboxylic acid groups (broad SMARTS) is 1. The van der Waals surface area contributed by atoms with Gasteiger partial charge in [-0.05, 0) is 35.6 Å². The van der Waals surface area contributed by atoms with Crippen molar-refractivity contribution in [3.05, 3.63) is 83.1 Å². The van der Waals surface area contributed by atoms with Gasteiger partial charge in [0.1, 0.15) is 0 Å². The van der Waals surface area contributed by atoms with Gasteiger partial charge in [0.25, 0.3) is 5.91 Å². The fourth-order valence-corrected chi connectivity index (χ4v) is 3.47. The fraction of sp³-hybridized carbons (Fsp3) is 0.250. The molecule has 168 valence electrons. The molecule has 0 spiro atoms. The van der Waals surface area contributed by atoms with Crippen LogP contribution in [0.4, 0.5) is 4.79 Å². The van der Waals surface area contributed by atoms with Crippen molar-refractivity contribution < 1.29 is 55.3 Å². The van der Waals surface area contributed by atoms with E-state index in [1.54, 1.807) is 12.1 Å². The van der Waals surface area contributed by atoms with Crippen LogP contribution < -0.4 is 40.2 Å². The number of carbonyl (C=O) groups excluding carboxylic acids is 3. The minimum atomic E-state index is -1.34. The summed E-state index contributed by atoms with van der Waals surface area (Å²) in [5.74, 6) is -2.20. The van der Waals surface area contributed by atoms with E-state index in [-0.39, 0.29) is 37.4 Å². The Bertz CT molecular complexity index is 1070. The van der Waals surface area contributed by atoms with E-state index in [9.17, 15) is 24.3 Å². The van der Waals surface area contributed by atoms with Crippen molar-refractivity contribution in [1.29, 1.82) is 0 Å². The van der Waals surface area contributed by atoms with Crippen LogP contribution in [0.1, 0.15) is 36.1 Å². The molecule has 3 amide bonds. The Morgan fingerprint density at radius 2 is 1.79 bits per heavy atom. The number of urea groups is 1. The van der Waals surface area contributed by atoms with Crippen LogP contribution in [0.3, 0.4) is 0 Å². The van der Waals surface area contributed by atoms with Crippen molar-refractivity contribution in [2.45, 2.75) is 31.8 Å². The molecular formula is C24H26N3NaO5. The zero-order valence-corrected chi connectivity index (χ0v) is 20.9. The third-order valence-corrected chi connectivity index (χ3v) is 5.34. The Kier molecular flexibility index (Phi) is 9.40. The van der Waals surface area contributed by atoms with Crippen LogP contribution in [0.2, 0.25) is 0 Å². The molecule has 8 nitrogen and oxygen atoms in total. The van der Waals surface area contributed by atoms with E-state index in [1.807, 2.05) is 37.3 Å². The maximum absolute atomic E-state index is 12.5. The molecule has 9 heteroatoms. The number of amides is 3. The maximum atomic E-state index is 12.5. The van der Waals surface area contributed by atoms with E-state index in [0.717, 1.165) is 12.0 Å². The molecule has 0 saturated heterocycles. The molecule has 1 unspecified atom stereocenters. The van der Waals surface area contributed by atoms with Gasteiger partial charge in [0.15, 0.2) is 11.8 Å². The quantitative estimate of drug-likeness (QED) is 0.379. The van der Waals surface area contributed by atoms with E-state index in [2.05, 4.69) is 16.7 Å². The molecule has 0 aliphatic carbocycles. The average Bonchev–Trinajstić information content (AvgIpc) is 2.75. The van der Waals surface area contributed by atoms with Gasteiger partial charge in [0, 0.05) is 19.3 Å². The van der Waals surface area contributed by atoms with Crippen molar-refractivity contribution in [3.63, 3.8) is 0 Å². The van der Waals surface area contributed by atoms with E-state index < -0.39 is 35.8 Å². The normalized spacial score (nSPS) is 16.1. The van der Waals surface area contributed by atoms with Crippen molar-refractivity contribution >= 4 is 23.7 Å². The maximum Gasteiger partial charge on any atom is 1.00 e. The second kappa shape index (κ2) is 11.8. The zero-order valence-electron chi connectivity index (χ0n) is 19.9. The Morgan fingerprint density at radius 1 is 1.12 bits per heavy atom. The molecule has 0 bridgehead atoms. The Labute approximate surface area is 215 Å². The Balaban J connectivity index is 0.00000289.